The number of rotatable bonds is 5. The summed E-state index contributed by atoms with van der Waals surface area (Å²) >= 11 is 0. The smallest absolute Gasteiger partial charge is 0.219 e. The molecule has 0 saturated carbocycles. The van der Waals surface area contributed by atoms with Gasteiger partial charge in [0.05, 0.1) is 0 Å². The predicted molar refractivity (Wildman–Crippen MR) is 61.5 cm³/mol. The third-order valence-electron chi connectivity index (χ3n) is 3.37. The second-order valence-electron chi connectivity index (χ2n) is 4.38. The van der Waals surface area contributed by atoms with Crippen molar-refractivity contribution in [2.75, 3.05) is 26.7 Å². The van der Waals surface area contributed by atoms with Crippen molar-refractivity contribution >= 4 is 5.91 Å². The average Bonchev–Trinajstić information content (AvgIpc) is 2.59. The first-order valence-corrected chi connectivity index (χ1v) is 5.83. The van der Waals surface area contributed by atoms with Crippen molar-refractivity contribution in [1.82, 2.24) is 10.2 Å². The first-order chi connectivity index (χ1) is 7.19. The molecule has 1 amide bonds. The second kappa shape index (κ2) is 6.08. The molecule has 3 N–H and O–H groups in total. The lowest BCUT2D eigenvalue weighted by molar-refractivity contribution is -0.120. The van der Waals surface area contributed by atoms with Crippen molar-refractivity contribution in [2.45, 2.75) is 32.2 Å². The standard InChI is InChI=1S/C11H23N3O/c1-9-5-7-14(10(9)8-12)6-3-4-11(15)13-2/h9-10H,3-8,12H2,1-2H3,(H,13,15). The lowest BCUT2D eigenvalue weighted by Crippen LogP contribution is -2.39. The molecule has 0 aromatic carbocycles. The summed E-state index contributed by atoms with van der Waals surface area (Å²) in [5.74, 6) is 0.835. The van der Waals surface area contributed by atoms with Gasteiger partial charge in [-0.2, -0.15) is 0 Å². The van der Waals surface area contributed by atoms with Gasteiger partial charge in [-0.25, -0.2) is 0 Å². The first kappa shape index (κ1) is 12.5. The second-order valence-corrected chi connectivity index (χ2v) is 4.38. The Labute approximate surface area is 92.2 Å². The molecule has 0 bridgehead atoms. The van der Waals surface area contributed by atoms with Gasteiger partial charge >= 0.3 is 0 Å². The van der Waals surface area contributed by atoms with Crippen LogP contribution in [-0.4, -0.2) is 43.5 Å². The minimum Gasteiger partial charge on any atom is -0.359 e. The third-order valence-corrected chi connectivity index (χ3v) is 3.37. The highest BCUT2D eigenvalue weighted by Gasteiger charge is 2.29. The Hall–Kier alpha value is -0.610. The van der Waals surface area contributed by atoms with E-state index in [1.54, 1.807) is 7.05 Å². The van der Waals surface area contributed by atoms with Crippen molar-refractivity contribution in [3.05, 3.63) is 0 Å². The number of hydrogen-bond donors (Lipinski definition) is 2. The third kappa shape index (κ3) is 3.47. The zero-order valence-electron chi connectivity index (χ0n) is 9.83. The summed E-state index contributed by atoms with van der Waals surface area (Å²) in [7, 11) is 1.68. The fourth-order valence-corrected chi connectivity index (χ4v) is 2.31. The normalized spacial score (nSPS) is 26.9. The summed E-state index contributed by atoms with van der Waals surface area (Å²) in [6.45, 7) is 5.13. The van der Waals surface area contributed by atoms with E-state index in [4.69, 9.17) is 5.73 Å². The molecule has 15 heavy (non-hydrogen) atoms. The molecule has 0 radical (unpaired) electrons. The van der Waals surface area contributed by atoms with E-state index in [9.17, 15) is 4.79 Å². The molecule has 2 atom stereocenters. The maximum atomic E-state index is 11.0. The maximum absolute atomic E-state index is 11.0. The van der Waals surface area contributed by atoms with E-state index >= 15 is 0 Å². The van der Waals surface area contributed by atoms with Crippen molar-refractivity contribution in [3.8, 4) is 0 Å². The number of nitrogens with one attached hydrogen (secondary N) is 1. The van der Waals surface area contributed by atoms with E-state index in [0.717, 1.165) is 26.1 Å². The Balaban J connectivity index is 2.23. The number of amides is 1. The van der Waals surface area contributed by atoms with Gasteiger partial charge in [-0.3, -0.25) is 9.69 Å². The lowest BCUT2D eigenvalue weighted by Gasteiger charge is -2.25. The van der Waals surface area contributed by atoms with E-state index in [1.807, 2.05) is 0 Å². The van der Waals surface area contributed by atoms with E-state index in [0.29, 0.717) is 18.4 Å². The summed E-state index contributed by atoms with van der Waals surface area (Å²) in [5, 5.41) is 2.64. The Morgan fingerprint density at radius 1 is 1.60 bits per heavy atom. The minimum absolute atomic E-state index is 0.131. The summed E-state index contributed by atoms with van der Waals surface area (Å²) in [6, 6.07) is 0.523. The van der Waals surface area contributed by atoms with Gasteiger partial charge in [-0.15, -0.1) is 0 Å². The molecule has 1 saturated heterocycles. The number of likely N-dealkylation sites (tertiary alicyclic amines) is 1. The fourth-order valence-electron chi connectivity index (χ4n) is 2.31. The molecule has 2 unspecified atom stereocenters. The van der Waals surface area contributed by atoms with Gasteiger partial charge in [-0.05, 0) is 31.8 Å². The highest BCUT2D eigenvalue weighted by Crippen LogP contribution is 2.23. The van der Waals surface area contributed by atoms with Crippen LogP contribution in [0.1, 0.15) is 26.2 Å². The summed E-state index contributed by atoms with van der Waals surface area (Å²) in [4.78, 5) is 13.5. The Morgan fingerprint density at radius 3 is 2.93 bits per heavy atom. The first-order valence-electron chi connectivity index (χ1n) is 5.83. The molecule has 4 nitrogen and oxygen atoms in total. The molecule has 0 aromatic rings. The van der Waals surface area contributed by atoms with Gasteiger partial charge in [0.15, 0.2) is 0 Å². The van der Waals surface area contributed by atoms with Crippen LogP contribution < -0.4 is 11.1 Å². The fraction of sp³-hybridized carbons (Fsp3) is 0.909. The summed E-state index contributed by atoms with van der Waals surface area (Å²) < 4.78 is 0. The molecule has 0 aliphatic carbocycles. The summed E-state index contributed by atoms with van der Waals surface area (Å²) in [6.07, 6.45) is 2.80. The molecule has 1 fully saturated rings. The number of carbonyl (C=O) groups is 1. The molecular formula is C11H23N3O. The predicted octanol–water partition coefficient (Wildman–Crippen LogP) is 0.182. The molecule has 88 valence electrons. The van der Waals surface area contributed by atoms with E-state index in [-0.39, 0.29) is 5.91 Å². The van der Waals surface area contributed by atoms with Crippen LogP contribution in [-0.2, 0) is 4.79 Å². The summed E-state index contributed by atoms with van der Waals surface area (Å²) in [5.41, 5.74) is 5.75. The van der Waals surface area contributed by atoms with Crippen LogP contribution in [0.2, 0.25) is 0 Å². The van der Waals surface area contributed by atoms with Gasteiger partial charge in [0, 0.05) is 26.1 Å². The Bertz CT molecular complexity index is 208. The van der Waals surface area contributed by atoms with Crippen molar-refractivity contribution in [2.24, 2.45) is 11.7 Å². The van der Waals surface area contributed by atoms with Crippen LogP contribution in [0.15, 0.2) is 0 Å². The quantitative estimate of drug-likeness (QED) is 0.685. The number of hydrogen-bond acceptors (Lipinski definition) is 3. The Kier molecular flexibility index (Phi) is 5.05. The van der Waals surface area contributed by atoms with Crippen LogP contribution in [0.5, 0.6) is 0 Å². The van der Waals surface area contributed by atoms with Crippen LogP contribution in [0.25, 0.3) is 0 Å². The van der Waals surface area contributed by atoms with E-state index in [2.05, 4.69) is 17.1 Å². The van der Waals surface area contributed by atoms with Crippen LogP contribution in [0, 0.1) is 5.92 Å². The molecule has 0 spiro atoms. The zero-order valence-corrected chi connectivity index (χ0v) is 9.83. The highest BCUT2D eigenvalue weighted by atomic mass is 16.1. The monoisotopic (exact) mass is 213 g/mol. The molecule has 1 heterocycles. The molecule has 1 rings (SSSR count). The minimum atomic E-state index is 0.131. The van der Waals surface area contributed by atoms with Crippen LogP contribution >= 0.6 is 0 Å². The SMILES string of the molecule is CNC(=O)CCCN1CCC(C)C1CN. The van der Waals surface area contributed by atoms with Gasteiger partial charge < -0.3 is 11.1 Å². The number of nitrogens with two attached hydrogens (primary N) is 1. The Morgan fingerprint density at radius 2 is 2.33 bits per heavy atom. The van der Waals surface area contributed by atoms with E-state index < -0.39 is 0 Å². The van der Waals surface area contributed by atoms with Crippen molar-refractivity contribution < 1.29 is 4.79 Å². The van der Waals surface area contributed by atoms with E-state index in [1.165, 1.54) is 6.42 Å². The van der Waals surface area contributed by atoms with Gasteiger partial charge in [0.25, 0.3) is 0 Å². The molecule has 1 aliphatic heterocycles. The van der Waals surface area contributed by atoms with Crippen LogP contribution in [0.4, 0.5) is 0 Å². The number of carbonyl (C=O) groups excluding carboxylic acids is 1. The highest BCUT2D eigenvalue weighted by molar-refractivity contribution is 5.75. The lowest BCUT2D eigenvalue weighted by atomic mass is 10.0. The largest absolute Gasteiger partial charge is 0.359 e. The topological polar surface area (TPSA) is 58.4 Å². The van der Waals surface area contributed by atoms with Crippen molar-refractivity contribution in [1.29, 1.82) is 0 Å². The van der Waals surface area contributed by atoms with Gasteiger partial charge in [0.2, 0.25) is 5.91 Å². The van der Waals surface area contributed by atoms with Gasteiger partial charge in [-0.1, -0.05) is 6.92 Å². The number of nitrogens with zero attached hydrogens (tertiary/aromatic N) is 1. The van der Waals surface area contributed by atoms with Crippen LogP contribution in [0.3, 0.4) is 0 Å². The van der Waals surface area contributed by atoms with Gasteiger partial charge in [0.1, 0.15) is 0 Å². The molecular weight excluding hydrogens is 190 g/mol. The molecule has 0 aromatic heterocycles. The average molecular weight is 213 g/mol. The van der Waals surface area contributed by atoms with Crippen molar-refractivity contribution in [3.63, 3.8) is 0 Å². The molecule has 1 aliphatic rings. The molecule has 4 heteroatoms. The zero-order chi connectivity index (χ0) is 11.3. The maximum Gasteiger partial charge on any atom is 0.219 e.